The summed E-state index contributed by atoms with van der Waals surface area (Å²) in [6.07, 6.45) is 0. The number of anilines is 1. The van der Waals surface area contributed by atoms with Crippen LogP contribution in [0.5, 0.6) is 0 Å². The molecule has 0 unspecified atom stereocenters. The number of amides is 1. The molecule has 2 aromatic rings. The Morgan fingerprint density at radius 2 is 2.11 bits per heavy atom. The molecule has 0 bridgehead atoms. The van der Waals surface area contributed by atoms with E-state index in [4.69, 9.17) is 4.42 Å². The molecule has 0 saturated carbocycles. The van der Waals surface area contributed by atoms with Crippen molar-refractivity contribution in [1.29, 1.82) is 0 Å². The number of furan rings is 1. The number of hydrogen-bond acceptors (Lipinski definition) is 3. The van der Waals surface area contributed by atoms with E-state index in [-0.39, 0.29) is 5.91 Å². The lowest BCUT2D eigenvalue weighted by Gasteiger charge is -2.11. The lowest BCUT2D eigenvalue weighted by Crippen LogP contribution is -2.21. The Morgan fingerprint density at radius 3 is 2.74 bits per heavy atom. The average Bonchev–Trinajstić information content (AvgIpc) is 2.81. The second kappa shape index (κ2) is 6.10. The third-order valence-corrected chi connectivity index (χ3v) is 3.19. The summed E-state index contributed by atoms with van der Waals surface area (Å²) in [6, 6.07) is 11.3. The molecule has 0 aliphatic carbocycles. The molecule has 1 heterocycles. The molecule has 0 aliphatic heterocycles. The molecule has 5 heteroatoms. The summed E-state index contributed by atoms with van der Waals surface area (Å²) in [7, 11) is 3.49. The van der Waals surface area contributed by atoms with E-state index in [0.717, 1.165) is 15.2 Å². The Labute approximate surface area is 125 Å². The Kier molecular flexibility index (Phi) is 4.47. The smallest absolute Gasteiger partial charge is 0.253 e. The topological polar surface area (TPSA) is 45.5 Å². The predicted molar refractivity (Wildman–Crippen MR) is 83.2 cm³/mol. The molecule has 0 spiro atoms. The summed E-state index contributed by atoms with van der Waals surface area (Å²) in [6.45, 7) is 0.600. The average molecular weight is 370 g/mol. The normalized spacial score (nSPS) is 10.3. The summed E-state index contributed by atoms with van der Waals surface area (Å²) >= 11 is 2.13. The van der Waals surface area contributed by atoms with Gasteiger partial charge < -0.3 is 14.6 Å². The van der Waals surface area contributed by atoms with Crippen LogP contribution < -0.4 is 5.32 Å². The van der Waals surface area contributed by atoms with Crippen molar-refractivity contribution in [2.75, 3.05) is 19.4 Å². The Morgan fingerprint density at radius 1 is 1.32 bits per heavy atom. The highest BCUT2D eigenvalue weighted by Gasteiger charge is 2.08. The van der Waals surface area contributed by atoms with Crippen LogP contribution >= 0.6 is 22.6 Å². The molecule has 0 radical (unpaired) electrons. The summed E-state index contributed by atoms with van der Waals surface area (Å²) in [5, 5.41) is 3.24. The van der Waals surface area contributed by atoms with Crippen LogP contribution in [0.2, 0.25) is 0 Å². The maximum Gasteiger partial charge on any atom is 0.253 e. The SMILES string of the molecule is CN(C)C(=O)c1cccc(NCc2ccc(I)o2)c1. The minimum Gasteiger partial charge on any atom is -0.454 e. The first-order valence-corrected chi connectivity index (χ1v) is 6.94. The molecule has 19 heavy (non-hydrogen) atoms. The summed E-state index contributed by atoms with van der Waals surface area (Å²) < 4.78 is 6.34. The fraction of sp³-hybridized carbons (Fsp3) is 0.214. The van der Waals surface area contributed by atoms with Crippen molar-refractivity contribution in [2.45, 2.75) is 6.54 Å². The van der Waals surface area contributed by atoms with Crippen LogP contribution in [0, 0.1) is 3.77 Å². The van der Waals surface area contributed by atoms with E-state index >= 15 is 0 Å². The predicted octanol–water partition coefficient (Wildman–Crippen LogP) is 3.20. The zero-order valence-electron chi connectivity index (χ0n) is 10.8. The van der Waals surface area contributed by atoms with E-state index in [1.165, 1.54) is 0 Å². The van der Waals surface area contributed by atoms with Crippen LogP contribution in [0.3, 0.4) is 0 Å². The van der Waals surface area contributed by atoms with Crippen molar-refractivity contribution < 1.29 is 9.21 Å². The lowest BCUT2D eigenvalue weighted by molar-refractivity contribution is 0.0827. The molecule has 1 amide bonds. The molecule has 100 valence electrons. The third kappa shape index (κ3) is 3.73. The van der Waals surface area contributed by atoms with Crippen LogP contribution in [0.4, 0.5) is 5.69 Å². The van der Waals surface area contributed by atoms with Gasteiger partial charge in [0.05, 0.1) is 6.54 Å². The maximum absolute atomic E-state index is 11.9. The zero-order valence-corrected chi connectivity index (χ0v) is 13.0. The molecule has 1 N–H and O–H groups in total. The maximum atomic E-state index is 11.9. The van der Waals surface area contributed by atoms with Crippen molar-refractivity contribution in [3.63, 3.8) is 0 Å². The van der Waals surface area contributed by atoms with Gasteiger partial charge >= 0.3 is 0 Å². The van der Waals surface area contributed by atoms with E-state index in [0.29, 0.717) is 12.1 Å². The number of benzene rings is 1. The molecule has 4 nitrogen and oxygen atoms in total. The summed E-state index contributed by atoms with van der Waals surface area (Å²) in [5.74, 6) is 0.866. The van der Waals surface area contributed by atoms with Crippen LogP contribution in [-0.4, -0.2) is 24.9 Å². The Balaban J connectivity index is 2.05. The van der Waals surface area contributed by atoms with E-state index in [9.17, 15) is 4.79 Å². The number of rotatable bonds is 4. The Bertz CT molecular complexity index is 578. The molecule has 0 fully saturated rings. The van der Waals surface area contributed by atoms with E-state index in [1.807, 2.05) is 36.4 Å². The molecule has 0 atom stereocenters. The van der Waals surface area contributed by atoms with Crippen LogP contribution in [0.1, 0.15) is 16.1 Å². The first kappa shape index (κ1) is 13.9. The zero-order chi connectivity index (χ0) is 13.8. The lowest BCUT2D eigenvalue weighted by atomic mass is 10.2. The van der Waals surface area contributed by atoms with Gasteiger partial charge in [-0.05, 0) is 52.9 Å². The molecular weight excluding hydrogens is 355 g/mol. The van der Waals surface area contributed by atoms with E-state index < -0.39 is 0 Å². The first-order valence-electron chi connectivity index (χ1n) is 5.86. The molecule has 2 rings (SSSR count). The third-order valence-electron chi connectivity index (χ3n) is 2.61. The highest BCUT2D eigenvalue weighted by atomic mass is 127. The summed E-state index contributed by atoms with van der Waals surface area (Å²) in [4.78, 5) is 13.4. The minimum absolute atomic E-state index is 0.00352. The van der Waals surface area contributed by atoms with Gasteiger partial charge in [-0.2, -0.15) is 0 Å². The van der Waals surface area contributed by atoms with Gasteiger partial charge in [0.15, 0.2) is 3.77 Å². The van der Waals surface area contributed by atoms with Gasteiger partial charge in [0.2, 0.25) is 0 Å². The number of carbonyl (C=O) groups is 1. The minimum atomic E-state index is -0.00352. The van der Waals surface area contributed by atoms with Crippen molar-refractivity contribution in [2.24, 2.45) is 0 Å². The van der Waals surface area contributed by atoms with Gasteiger partial charge in [0.1, 0.15) is 5.76 Å². The largest absolute Gasteiger partial charge is 0.454 e. The van der Waals surface area contributed by atoms with Crippen molar-refractivity contribution in [1.82, 2.24) is 4.90 Å². The molecule has 0 saturated heterocycles. The monoisotopic (exact) mass is 370 g/mol. The molecule has 0 aliphatic rings. The van der Waals surface area contributed by atoms with Crippen LogP contribution in [-0.2, 0) is 6.54 Å². The molecular formula is C14H15IN2O2. The highest BCUT2D eigenvalue weighted by Crippen LogP contribution is 2.15. The van der Waals surface area contributed by atoms with Gasteiger partial charge in [0.25, 0.3) is 5.91 Å². The van der Waals surface area contributed by atoms with Crippen molar-refractivity contribution >= 4 is 34.2 Å². The van der Waals surface area contributed by atoms with Gasteiger partial charge in [-0.3, -0.25) is 4.79 Å². The van der Waals surface area contributed by atoms with Crippen molar-refractivity contribution in [3.05, 3.63) is 51.5 Å². The Hall–Kier alpha value is -1.50. The van der Waals surface area contributed by atoms with Crippen molar-refractivity contribution in [3.8, 4) is 0 Å². The number of halogens is 1. The fourth-order valence-electron chi connectivity index (χ4n) is 1.66. The fourth-order valence-corrected chi connectivity index (χ4v) is 2.12. The summed E-state index contributed by atoms with van der Waals surface area (Å²) in [5.41, 5.74) is 1.57. The highest BCUT2D eigenvalue weighted by molar-refractivity contribution is 14.1. The standard InChI is InChI=1S/C14H15IN2O2/c1-17(2)14(18)10-4-3-5-11(8-10)16-9-12-6-7-13(15)19-12/h3-8,16H,9H2,1-2H3. The second-order valence-corrected chi connectivity index (χ2v) is 5.40. The van der Waals surface area contributed by atoms with Gasteiger partial charge in [-0.15, -0.1) is 0 Å². The van der Waals surface area contributed by atoms with E-state index in [2.05, 4.69) is 27.9 Å². The quantitative estimate of drug-likeness (QED) is 0.841. The molecule has 1 aromatic heterocycles. The number of carbonyl (C=O) groups excluding carboxylic acids is 1. The molecule has 1 aromatic carbocycles. The van der Waals surface area contributed by atoms with Gasteiger partial charge in [-0.25, -0.2) is 0 Å². The van der Waals surface area contributed by atoms with Gasteiger partial charge in [-0.1, -0.05) is 6.07 Å². The number of nitrogens with one attached hydrogen (secondary N) is 1. The number of hydrogen-bond donors (Lipinski definition) is 1. The number of nitrogens with zero attached hydrogens (tertiary/aromatic N) is 1. The second-order valence-electron chi connectivity index (χ2n) is 4.34. The van der Waals surface area contributed by atoms with E-state index in [1.54, 1.807) is 19.0 Å². The van der Waals surface area contributed by atoms with Gasteiger partial charge in [0, 0.05) is 25.3 Å². The van der Waals surface area contributed by atoms with Crippen LogP contribution in [0.15, 0.2) is 40.8 Å². The van der Waals surface area contributed by atoms with Crippen LogP contribution in [0.25, 0.3) is 0 Å². The first-order chi connectivity index (χ1) is 9.06.